The van der Waals surface area contributed by atoms with Gasteiger partial charge in [-0.2, -0.15) is 0 Å². The Kier molecular flexibility index (Phi) is 4.16. The topological polar surface area (TPSA) is 65.2 Å². The van der Waals surface area contributed by atoms with Crippen molar-refractivity contribution in [3.05, 3.63) is 57.8 Å². The van der Waals surface area contributed by atoms with E-state index in [9.17, 15) is 4.79 Å². The molecule has 0 aliphatic carbocycles. The zero-order valence-corrected chi connectivity index (χ0v) is 12.0. The molecule has 0 aliphatic rings. The first kappa shape index (κ1) is 13.5. The van der Waals surface area contributed by atoms with E-state index in [0.29, 0.717) is 15.7 Å². The Bertz CT molecular complexity index is 614. The van der Waals surface area contributed by atoms with Crippen LogP contribution in [-0.4, -0.2) is 11.0 Å². The van der Waals surface area contributed by atoms with E-state index in [0.717, 1.165) is 11.3 Å². The smallest absolute Gasteiger partial charge is 0.339 e. The van der Waals surface area contributed by atoms with Gasteiger partial charge < -0.3 is 10.5 Å². The Hall–Kier alpha value is -1.88. The minimum atomic E-state index is -0.427. The number of hydrogen-bond acceptors (Lipinski definition) is 4. The van der Waals surface area contributed by atoms with Gasteiger partial charge >= 0.3 is 5.97 Å². The number of carbonyl (C=O) groups is 1. The van der Waals surface area contributed by atoms with Crippen molar-refractivity contribution < 1.29 is 9.53 Å². The van der Waals surface area contributed by atoms with Gasteiger partial charge in [0.05, 0.1) is 11.3 Å². The van der Waals surface area contributed by atoms with Crippen LogP contribution in [0.5, 0.6) is 0 Å². The van der Waals surface area contributed by atoms with Gasteiger partial charge in [-0.1, -0.05) is 6.07 Å². The van der Waals surface area contributed by atoms with Crippen molar-refractivity contribution in [1.82, 2.24) is 4.98 Å². The molecular formula is C14H13BrN2O2. The minimum Gasteiger partial charge on any atom is -0.456 e. The van der Waals surface area contributed by atoms with Crippen molar-refractivity contribution in [1.29, 1.82) is 0 Å². The largest absolute Gasteiger partial charge is 0.456 e. The van der Waals surface area contributed by atoms with Gasteiger partial charge in [0.25, 0.3) is 0 Å². The summed E-state index contributed by atoms with van der Waals surface area (Å²) in [5, 5.41) is 0. The molecular weight excluding hydrogens is 308 g/mol. The third kappa shape index (κ3) is 3.32. The molecule has 0 spiro atoms. The molecule has 1 aromatic carbocycles. The van der Waals surface area contributed by atoms with Crippen LogP contribution < -0.4 is 5.73 Å². The number of nitrogens with two attached hydrogens (primary N) is 1. The molecule has 4 nitrogen and oxygen atoms in total. The monoisotopic (exact) mass is 320 g/mol. The number of nitrogen functional groups attached to an aromatic ring is 1. The summed E-state index contributed by atoms with van der Waals surface area (Å²) in [6.07, 6.45) is 1.67. The molecule has 1 heterocycles. The molecule has 5 heteroatoms. The van der Waals surface area contributed by atoms with Crippen molar-refractivity contribution in [2.45, 2.75) is 13.5 Å². The summed E-state index contributed by atoms with van der Waals surface area (Å²) in [4.78, 5) is 16.1. The van der Waals surface area contributed by atoms with Crippen LogP contribution in [0.2, 0.25) is 0 Å². The molecule has 1 aromatic heterocycles. The van der Waals surface area contributed by atoms with E-state index < -0.39 is 5.97 Å². The first-order valence-corrected chi connectivity index (χ1v) is 6.50. The number of halogens is 1. The van der Waals surface area contributed by atoms with Crippen molar-refractivity contribution in [2.24, 2.45) is 0 Å². The first-order valence-electron chi connectivity index (χ1n) is 5.70. The Morgan fingerprint density at radius 3 is 2.95 bits per heavy atom. The van der Waals surface area contributed by atoms with Gasteiger partial charge in [-0.25, -0.2) is 4.79 Å². The Morgan fingerprint density at radius 1 is 1.42 bits per heavy atom. The molecule has 0 saturated carbocycles. The number of nitrogens with zero attached hydrogens (tertiary/aromatic N) is 1. The lowest BCUT2D eigenvalue weighted by Crippen LogP contribution is -2.08. The normalized spacial score (nSPS) is 10.2. The molecule has 2 N–H and O–H groups in total. The molecule has 19 heavy (non-hydrogen) atoms. The molecule has 0 saturated heterocycles. The van der Waals surface area contributed by atoms with Gasteiger partial charge in [0, 0.05) is 16.4 Å². The summed E-state index contributed by atoms with van der Waals surface area (Å²) >= 11 is 3.30. The van der Waals surface area contributed by atoms with E-state index in [1.54, 1.807) is 24.4 Å². The fourth-order valence-electron chi connectivity index (χ4n) is 1.58. The maximum absolute atomic E-state index is 12.0. The van der Waals surface area contributed by atoms with Crippen molar-refractivity contribution >= 4 is 27.6 Å². The van der Waals surface area contributed by atoms with E-state index in [4.69, 9.17) is 10.5 Å². The summed E-state index contributed by atoms with van der Waals surface area (Å²) < 4.78 is 5.90. The fourth-order valence-corrected chi connectivity index (χ4v) is 1.99. The molecule has 0 atom stereocenters. The quantitative estimate of drug-likeness (QED) is 0.697. The standard InChI is InChI=1S/C14H13BrN2O2/c1-9-3-2-6-17-13(9)8-19-14(18)11-7-10(16)4-5-12(11)15/h2-7H,8,16H2,1H3. The van der Waals surface area contributed by atoms with Crippen LogP contribution >= 0.6 is 15.9 Å². The van der Waals surface area contributed by atoms with Crippen molar-refractivity contribution in [2.75, 3.05) is 5.73 Å². The van der Waals surface area contributed by atoms with Crippen molar-refractivity contribution in [3.8, 4) is 0 Å². The number of aryl methyl sites for hydroxylation is 1. The molecule has 0 radical (unpaired) electrons. The SMILES string of the molecule is Cc1cccnc1COC(=O)c1cc(N)ccc1Br. The van der Waals surface area contributed by atoms with E-state index >= 15 is 0 Å². The molecule has 0 amide bonds. The summed E-state index contributed by atoms with van der Waals surface area (Å²) in [6, 6.07) is 8.78. The van der Waals surface area contributed by atoms with E-state index in [1.807, 2.05) is 19.1 Å². The highest BCUT2D eigenvalue weighted by atomic mass is 79.9. The molecule has 98 valence electrons. The summed E-state index contributed by atoms with van der Waals surface area (Å²) in [6.45, 7) is 2.07. The highest BCUT2D eigenvalue weighted by molar-refractivity contribution is 9.10. The van der Waals surface area contributed by atoms with E-state index in [1.165, 1.54) is 0 Å². The molecule has 0 bridgehead atoms. The molecule has 0 unspecified atom stereocenters. The van der Waals surface area contributed by atoms with Gasteiger partial charge in [-0.15, -0.1) is 0 Å². The first-order chi connectivity index (χ1) is 9.08. The summed E-state index contributed by atoms with van der Waals surface area (Å²) in [5.74, 6) is -0.427. The van der Waals surface area contributed by atoms with Crippen LogP contribution in [-0.2, 0) is 11.3 Å². The zero-order chi connectivity index (χ0) is 13.8. The highest BCUT2D eigenvalue weighted by Gasteiger charge is 2.12. The minimum absolute atomic E-state index is 0.146. The zero-order valence-electron chi connectivity index (χ0n) is 10.4. The number of pyridine rings is 1. The Labute approximate surface area is 119 Å². The third-order valence-corrected chi connectivity index (χ3v) is 3.36. The fraction of sp³-hybridized carbons (Fsp3) is 0.143. The second-order valence-corrected chi connectivity index (χ2v) is 4.94. The molecule has 2 aromatic rings. The van der Waals surface area contributed by atoms with Gasteiger partial charge in [-0.3, -0.25) is 4.98 Å². The second-order valence-electron chi connectivity index (χ2n) is 4.08. The number of anilines is 1. The molecule has 0 aliphatic heterocycles. The molecule has 2 rings (SSSR count). The predicted molar refractivity (Wildman–Crippen MR) is 76.6 cm³/mol. The Balaban J connectivity index is 2.10. The third-order valence-electron chi connectivity index (χ3n) is 2.67. The number of hydrogen-bond donors (Lipinski definition) is 1. The average molecular weight is 321 g/mol. The lowest BCUT2D eigenvalue weighted by atomic mass is 10.2. The maximum atomic E-state index is 12.0. The predicted octanol–water partition coefficient (Wildman–Crippen LogP) is 3.09. The van der Waals surface area contributed by atoms with Crippen LogP contribution in [0.3, 0.4) is 0 Å². The van der Waals surface area contributed by atoms with E-state index in [-0.39, 0.29) is 6.61 Å². The van der Waals surface area contributed by atoms with E-state index in [2.05, 4.69) is 20.9 Å². The number of aromatic nitrogens is 1. The van der Waals surface area contributed by atoms with Crippen LogP contribution in [0.25, 0.3) is 0 Å². The van der Waals surface area contributed by atoms with Crippen LogP contribution in [0.1, 0.15) is 21.6 Å². The molecule has 0 fully saturated rings. The van der Waals surface area contributed by atoms with Crippen molar-refractivity contribution in [3.63, 3.8) is 0 Å². The van der Waals surface area contributed by atoms with Crippen LogP contribution in [0, 0.1) is 6.92 Å². The number of ether oxygens (including phenoxy) is 1. The van der Waals surface area contributed by atoms with Gasteiger partial charge in [0.15, 0.2) is 0 Å². The summed E-state index contributed by atoms with van der Waals surface area (Å²) in [7, 11) is 0. The summed E-state index contributed by atoms with van der Waals surface area (Å²) in [5.41, 5.74) is 8.32. The maximum Gasteiger partial charge on any atom is 0.339 e. The Morgan fingerprint density at radius 2 is 2.21 bits per heavy atom. The van der Waals surface area contributed by atoms with Crippen LogP contribution in [0.4, 0.5) is 5.69 Å². The van der Waals surface area contributed by atoms with Gasteiger partial charge in [0.1, 0.15) is 6.61 Å². The highest BCUT2D eigenvalue weighted by Crippen LogP contribution is 2.21. The number of esters is 1. The second kappa shape index (κ2) is 5.84. The van der Waals surface area contributed by atoms with Crippen LogP contribution in [0.15, 0.2) is 41.0 Å². The van der Waals surface area contributed by atoms with Gasteiger partial charge in [-0.05, 0) is 52.7 Å². The number of rotatable bonds is 3. The number of carbonyl (C=O) groups excluding carboxylic acids is 1. The number of benzene rings is 1. The average Bonchev–Trinajstić information content (AvgIpc) is 2.40. The lowest BCUT2D eigenvalue weighted by molar-refractivity contribution is 0.0466. The van der Waals surface area contributed by atoms with Gasteiger partial charge in [0.2, 0.25) is 0 Å². The lowest BCUT2D eigenvalue weighted by Gasteiger charge is -2.08.